The van der Waals surface area contributed by atoms with Gasteiger partial charge in [0.05, 0.1) is 0 Å². The summed E-state index contributed by atoms with van der Waals surface area (Å²) in [6.45, 7) is 4.23. The third kappa shape index (κ3) is 3.52. The Labute approximate surface area is 198 Å². The number of hydrazone groups is 1. The van der Waals surface area contributed by atoms with Crippen LogP contribution in [0.2, 0.25) is 0 Å². The van der Waals surface area contributed by atoms with E-state index in [0.29, 0.717) is 5.92 Å². The number of hydrogen-bond donors (Lipinski definition) is 0. The van der Waals surface area contributed by atoms with Crippen LogP contribution in [0.1, 0.15) is 54.7 Å². The molecule has 3 nitrogen and oxygen atoms in total. The number of nitrogens with zero attached hydrogens (tertiary/aromatic N) is 3. The molecule has 0 unspecified atom stereocenters. The normalized spacial score (nSPS) is 17.4. The molecule has 6 rings (SSSR count). The summed E-state index contributed by atoms with van der Waals surface area (Å²) in [7, 11) is 0. The number of benzene rings is 3. The van der Waals surface area contributed by atoms with Gasteiger partial charge < -0.3 is 9.91 Å². The molecule has 1 saturated carbocycles. The molecule has 0 aromatic heterocycles. The minimum Gasteiger partial charge on any atom is -0.476 e. The zero-order valence-electron chi connectivity index (χ0n) is 17.6. The van der Waals surface area contributed by atoms with E-state index in [1.165, 1.54) is 59.9 Å². The Morgan fingerprint density at radius 3 is 2.55 bits per heavy atom. The van der Waals surface area contributed by atoms with Crippen LogP contribution in [0.5, 0.6) is 0 Å². The van der Waals surface area contributed by atoms with E-state index in [1.807, 2.05) is 11.1 Å². The maximum absolute atomic E-state index is 5.03. The van der Waals surface area contributed by atoms with E-state index in [-0.39, 0.29) is 20.1 Å². The van der Waals surface area contributed by atoms with Crippen LogP contribution in [0.3, 0.4) is 0 Å². The quantitative estimate of drug-likeness (QED) is 0.316. The predicted octanol–water partition coefficient (Wildman–Crippen LogP) is 6.63. The summed E-state index contributed by atoms with van der Waals surface area (Å²) in [6.07, 6.45) is 6.69. The monoisotopic (exact) mass is 584 g/mol. The van der Waals surface area contributed by atoms with E-state index in [1.54, 1.807) is 0 Å². The molecule has 0 amide bonds. The van der Waals surface area contributed by atoms with Crippen LogP contribution >= 0.6 is 0 Å². The fourth-order valence-corrected chi connectivity index (χ4v) is 5.07. The van der Waals surface area contributed by atoms with Crippen molar-refractivity contribution in [2.75, 3.05) is 9.91 Å². The summed E-state index contributed by atoms with van der Waals surface area (Å²) < 4.78 is 0. The molecule has 2 heterocycles. The van der Waals surface area contributed by atoms with Gasteiger partial charge in [0, 0.05) is 31.4 Å². The zero-order chi connectivity index (χ0) is 20.1. The van der Waals surface area contributed by atoms with Gasteiger partial charge in [-0.25, -0.2) is 0 Å². The van der Waals surface area contributed by atoms with Gasteiger partial charge in [-0.3, -0.25) is 0 Å². The van der Waals surface area contributed by atoms with Gasteiger partial charge in [-0.1, -0.05) is 67.8 Å². The minimum atomic E-state index is 0. The fraction of sp³-hybridized carbons (Fsp3) is 0.259. The summed E-state index contributed by atoms with van der Waals surface area (Å²) >= 11 is 0. The summed E-state index contributed by atoms with van der Waals surface area (Å²) in [4.78, 5) is 2.20. The number of hydrogen-bond acceptors (Lipinski definition) is 3. The van der Waals surface area contributed by atoms with Gasteiger partial charge in [0.1, 0.15) is 5.84 Å². The van der Waals surface area contributed by atoms with Crippen LogP contribution in [0.15, 0.2) is 65.8 Å². The molecule has 1 radical (unpaired) electrons. The number of fused-ring (bicyclic) bond motifs is 6. The average Bonchev–Trinajstić information content (AvgIpc) is 3.26. The third-order valence-electron chi connectivity index (χ3n) is 6.63. The largest absolute Gasteiger partial charge is 0.476 e. The number of rotatable bonds is 2. The standard InChI is InChI=1S/C27H25N3.Ir/c1-19-12-15-26-24(16-19)23-14-13-21(20-8-4-2-5-9-20)17-25(23)27-28-30(18-29(26)27)22-10-6-3-7-11-22;/h3,6-7,10-14,16-18,20H,2,4-5,8-9H2,1H3;/q-2;. The second kappa shape index (κ2) is 8.26. The summed E-state index contributed by atoms with van der Waals surface area (Å²) in [6, 6.07) is 25.3. The van der Waals surface area contributed by atoms with E-state index in [4.69, 9.17) is 5.10 Å². The first-order valence-corrected chi connectivity index (χ1v) is 11.0. The van der Waals surface area contributed by atoms with E-state index in [0.717, 1.165) is 17.2 Å². The van der Waals surface area contributed by atoms with Crippen molar-refractivity contribution in [1.29, 1.82) is 0 Å². The molecule has 0 spiro atoms. The Hall–Kier alpha value is -2.42. The molecule has 0 N–H and O–H groups in total. The molecule has 3 aromatic rings. The van der Waals surface area contributed by atoms with Crippen LogP contribution < -0.4 is 9.91 Å². The Bertz CT molecular complexity index is 1130. The molecular weight excluding hydrogens is 559 g/mol. The first-order chi connectivity index (χ1) is 14.8. The maximum atomic E-state index is 5.03. The van der Waals surface area contributed by atoms with Crippen molar-refractivity contribution in [3.05, 3.63) is 90.1 Å². The van der Waals surface area contributed by atoms with Crippen molar-refractivity contribution in [3.63, 3.8) is 0 Å². The maximum Gasteiger partial charge on any atom is 0.127 e. The van der Waals surface area contributed by atoms with Crippen molar-refractivity contribution >= 4 is 17.2 Å². The van der Waals surface area contributed by atoms with Crippen molar-refractivity contribution in [3.8, 4) is 11.1 Å². The molecule has 3 aromatic carbocycles. The molecule has 0 atom stereocenters. The van der Waals surface area contributed by atoms with Gasteiger partial charge in [-0.15, -0.1) is 12.2 Å². The SMILES string of the molecule is Cc1c[c-]c2c(c1)-c1ccc(C3CCCCC3)cc1C1=NN(c3ccccc3)[CH-]N12.[Ir]. The number of aryl methyl sites for hydroxylation is 1. The molecule has 3 aliphatic rings. The summed E-state index contributed by atoms with van der Waals surface area (Å²) in [5.74, 6) is 1.68. The van der Waals surface area contributed by atoms with Crippen LogP contribution in [0.4, 0.5) is 11.4 Å². The molecular formula is C27H25IrN3-2. The van der Waals surface area contributed by atoms with Gasteiger partial charge in [-0.05, 0) is 42.5 Å². The topological polar surface area (TPSA) is 18.8 Å². The van der Waals surface area contributed by atoms with Crippen LogP contribution in [-0.2, 0) is 20.1 Å². The molecule has 0 bridgehead atoms. The Morgan fingerprint density at radius 2 is 1.74 bits per heavy atom. The Balaban J connectivity index is 0.00000204. The Kier molecular flexibility index (Phi) is 5.45. The Morgan fingerprint density at radius 1 is 0.935 bits per heavy atom. The van der Waals surface area contributed by atoms with Gasteiger partial charge in [0.2, 0.25) is 0 Å². The number of para-hydroxylation sites is 1. The van der Waals surface area contributed by atoms with E-state index < -0.39 is 0 Å². The van der Waals surface area contributed by atoms with Gasteiger partial charge in [-0.2, -0.15) is 28.9 Å². The van der Waals surface area contributed by atoms with Gasteiger partial charge >= 0.3 is 0 Å². The molecule has 159 valence electrons. The van der Waals surface area contributed by atoms with E-state index in [9.17, 15) is 0 Å². The second-order valence-electron chi connectivity index (χ2n) is 8.67. The first kappa shape index (κ1) is 20.5. The third-order valence-corrected chi connectivity index (χ3v) is 6.63. The fourth-order valence-electron chi connectivity index (χ4n) is 5.07. The van der Waals surface area contributed by atoms with Crippen molar-refractivity contribution in [1.82, 2.24) is 0 Å². The molecule has 1 fully saturated rings. The van der Waals surface area contributed by atoms with Gasteiger partial charge in [0.15, 0.2) is 0 Å². The van der Waals surface area contributed by atoms with Crippen LogP contribution in [-0.4, -0.2) is 5.84 Å². The van der Waals surface area contributed by atoms with Gasteiger partial charge in [0.25, 0.3) is 0 Å². The molecule has 2 aliphatic heterocycles. The summed E-state index contributed by atoms with van der Waals surface area (Å²) in [5, 5.41) is 7.01. The zero-order valence-corrected chi connectivity index (χ0v) is 20.0. The summed E-state index contributed by atoms with van der Waals surface area (Å²) in [5.41, 5.74) is 8.59. The second-order valence-corrected chi connectivity index (χ2v) is 8.67. The van der Waals surface area contributed by atoms with E-state index in [2.05, 4.69) is 79.2 Å². The van der Waals surface area contributed by atoms with Crippen LogP contribution in [0.25, 0.3) is 11.1 Å². The van der Waals surface area contributed by atoms with E-state index >= 15 is 0 Å². The van der Waals surface area contributed by atoms with Crippen LogP contribution in [0, 0.1) is 19.7 Å². The van der Waals surface area contributed by atoms with Crippen molar-refractivity contribution in [2.24, 2.45) is 5.10 Å². The average molecular weight is 584 g/mol. The first-order valence-electron chi connectivity index (χ1n) is 11.0. The van der Waals surface area contributed by atoms with Crippen molar-refractivity contribution < 1.29 is 20.1 Å². The smallest absolute Gasteiger partial charge is 0.127 e. The number of amidine groups is 1. The number of anilines is 2. The molecule has 1 aliphatic carbocycles. The molecule has 0 saturated heterocycles. The molecule has 31 heavy (non-hydrogen) atoms. The minimum absolute atomic E-state index is 0. The molecule has 4 heteroatoms. The predicted molar refractivity (Wildman–Crippen MR) is 124 cm³/mol. The van der Waals surface area contributed by atoms with Crippen molar-refractivity contribution in [2.45, 2.75) is 44.9 Å².